The molecule has 1 nitrogen and oxygen atoms in total. The first kappa shape index (κ1) is 14.0. The van der Waals surface area contributed by atoms with Crippen LogP contribution in [-0.2, 0) is 0 Å². The van der Waals surface area contributed by atoms with Gasteiger partial charge in [-0.3, -0.25) is 0 Å². The van der Waals surface area contributed by atoms with E-state index >= 15 is 0 Å². The average molecular weight is 225 g/mol. The molecule has 0 heterocycles. The van der Waals surface area contributed by atoms with Crippen LogP contribution >= 0.6 is 0 Å². The summed E-state index contributed by atoms with van der Waals surface area (Å²) in [6, 6.07) is 0.746. The Morgan fingerprint density at radius 3 is 2.25 bits per heavy atom. The minimum atomic E-state index is 0.600. The van der Waals surface area contributed by atoms with Crippen molar-refractivity contribution in [3.63, 3.8) is 0 Å². The summed E-state index contributed by atoms with van der Waals surface area (Å²) in [6.45, 7) is 9.57. The van der Waals surface area contributed by atoms with Gasteiger partial charge in [0.25, 0.3) is 0 Å². The maximum Gasteiger partial charge on any atom is 0.0118 e. The highest BCUT2D eigenvalue weighted by Crippen LogP contribution is 2.40. The zero-order valence-electron chi connectivity index (χ0n) is 12.0. The second kappa shape index (κ2) is 6.05. The molecular formula is C15H31N. The monoisotopic (exact) mass is 225 g/mol. The van der Waals surface area contributed by atoms with Crippen LogP contribution in [0, 0.1) is 17.3 Å². The quantitative estimate of drug-likeness (QED) is 0.738. The summed E-state index contributed by atoms with van der Waals surface area (Å²) in [5, 5.41) is 3.58. The molecule has 2 unspecified atom stereocenters. The molecule has 2 atom stereocenters. The molecule has 1 saturated carbocycles. The van der Waals surface area contributed by atoms with Gasteiger partial charge in [-0.25, -0.2) is 0 Å². The number of rotatable bonds is 5. The summed E-state index contributed by atoms with van der Waals surface area (Å²) in [5.74, 6) is 1.75. The summed E-state index contributed by atoms with van der Waals surface area (Å²) < 4.78 is 0. The van der Waals surface area contributed by atoms with Crippen LogP contribution in [0.15, 0.2) is 0 Å². The smallest absolute Gasteiger partial charge is 0.0118 e. The summed E-state index contributed by atoms with van der Waals surface area (Å²) >= 11 is 0. The molecule has 0 aromatic heterocycles. The van der Waals surface area contributed by atoms with Gasteiger partial charge >= 0.3 is 0 Å². The highest BCUT2D eigenvalue weighted by molar-refractivity contribution is 4.86. The SMILES string of the molecule is CCCC(C)C(NC)C1CCC(C)(C)CC1. The van der Waals surface area contributed by atoms with Gasteiger partial charge in [0.1, 0.15) is 0 Å². The van der Waals surface area contributed by atoms with Crippen molar-refractivity contribution in [2.75, 3.05) is 7.05 Å². The predicted molar refractivity (Wildman–Crippen MR) is 72.7 cm³/mol. The van der Waals surface area contributed by atoms with E-state index in [9.17, 15) is 0 Å². The molecule has 0 aliphatic heterocycles. The van der Waals surface area contributed by atoms with Crippen LogP contribution in [0.3, 0.4) is 0 Å². The van der Waals surface area contributed by atoms with Crippen LogP contribution < -0.4 is 5.32 Å². The fourth-order valence-corrected chi connectivity index (χ4v) is 3.40. The fraction of sp³-hybridized carbons (Fsp3) is 1.00. The second-order valence-electron chi connectivity index (χ2n) is 6.58. The summed E-state index contributed by atoms with van der Waals surface area (Å²) in [7, 11) is 2.15. The lowest BCUT2D eigenvalue weighted by Crippen LogP contribution is -2.41. The van der Waals surface area contributed by atoms with Gasteiger partial charge in [0.05, 0.1) is 0 Å². The van der Waals surface area contributed by atoms with Crippen molar-refractivity contribution in [3.05, 3.63) is 0 Å². The third-order valence-electron chi connectivity index (χ3n) is 4.58. The van der Waals surface area contributed by atoms with Crippen LogP contribution in [-0.4, -0.2) is 13.1 Å². The minimum absolute atomic E-state index is 0.600. The van der Waals surface area contributed by atoms with Crippen LogP contribution in [0.5, 0.6) is 0 Å². The molecule has 0 radical (unpaired) electrons. The van der Waals surface area contributed by atoms with Crippen molar-refractivity contribution in [2.24, 2.45) is 17.3 Å². The first-order valence-electron chi connectivity index (χ1n) is 7.17. The Hall–Kier alpha value is -0.0400. The Morgan fingerprint density at radius 1 is 1.25 bits per heavy atom. The molecule has 1 N–H and O–H groups in total. The lowest BCUT2D eigenvalue weighted by molar-refractivity contribution is 0.140. The molecule has 16 heavy (non-hydrogen) atoms. The highest BCUT2D eigenvalue weighted by atomic mass is 14.9. The van der Waals surface area contributed by atoms with E-state index in [2.05, 4.69) is 40.1 Å². The van der Waals surface area contributed by atoms with Crippen LogP contribution in [0.1, 0.15) is 66.2 Å². The molecule has 0 aromatic carbocycles. The Balaban J connectivity index is 2.48. The molecular weight excluding hydrogens is 194 g/mol. The molecule has 0 amide bonds. The second-order valence-corrected chi connectivity index (χ2v) is 6.58. The Morgan fingerprint density at radius 2 is 1.81 bits per heavy atom. The Bertz CT molecular complexity index is 188. The van der Waals surface area contributed by atoms with E-state index in [1.165, 1.54) is 38.5 Å². The van der Waals surface area contributed by atoms with Crippen LogP contribution in [0.2, 0.25) is 0 Å². The Kier molecular flexibility index (Phi) is 5.30. The first-order chi connectivity index (χ1) is 7.50. The molecule has 1 fully saturated rings. The van der Waals surface area contributed by atoms with E-state index in [0.717, 1.165) is 17.9 Å². The van der Waals surface area contributed by atoms with Crippen molar-refractivity contribution in [2.45, 2.75) is 72.3 Å². The maximum atomic E-state index is 3.58. The topological polar surface area (TPSA) is 12.0 Å². The van der Waals surface area contributed by atoms with Gasteiger partial charge < -0.3 is 5.32 Å². The number of nitrogens with one attached hydrogen (secondary N) is 1. The van der Waals surface area contributed by atoms with Crippen LogP contribution in [0.4, 0.5) is 0 Å². The first-order valence-corrected chi connectivity index (χ1v) is 7.17. The van der Waals surface area contributed by atoms with Gasteiger partial charge in [-0.05, 0) is 56.4 Å². The minimum Gasteiger partial charge on any atom is -0.316 e. The summed E-state index contributed by atoms with van der Waals surface area (Å²) in [6.07, 6.45) is 8.35. The van der Waals surface area contributed by atoms with Crippen molar-refractivity contribution >= 4 is 0 Å². The van der Waals surface area contributed by atoms with Gasteiger partial charge in [-0.1, -0.05) is 34.1 Å². The average Bonchev–Trinajstić information content (AvgIpc) is 2.22. The Labute approximate surface area is 102 Å². The zero-order valence-corrected chi connectivity index (χ0v) is 12.0. The zero-order chi connectivity index (χ0) is 12.2. The van der Waals surface area contributed by atoms with Crippen LogP contribution in [0.25, 0.3) is 0 Å². The van der Waals surface area contributed by atoms with Gasteiger partial charge in [-0.2, -0.15) is 0 Å². The third-order valence-corrected chi connectivity index (χ3v) is 4.58. The normalized spacial score (nSPS) is 25.3. The van der Waals surface area contributed by atoms with Gasteiger partial charge in [0.15, 0.2) is 0 Å². The molecule has 0 aromatic rings. The molecule has 1 heteroatoms. The standard InChI is InChI=1S/C15H31N/c1-6-7-12(2)14(16-5)13-8-10-15(3,4)11-9-13/h12-14,16H,6-11H2,1-5H3. The lowest BCUT2D eigenvalue weighted by atomic mass is 9.69. The van der Waals surface area contributed by atoms with E-state index in [0.29, 0.717) is 5.41 Å². The molecule has 1 aliphatic rings. The van der Waals surface area contributed by atoms with E-state index in [1.807, 2.05) is 0 Å². The predicted octanol–water partition coefficient (Wildman–Crippen LogP) is 4.23. The van der Waals surface area contributed by atoms with Crippen molar-refractivity contribution in [3.8, 4) is 0 Å². The van der Waals surface area contributed by atoms with E-state index in [1.54, 1.807) is 0 Å². The third kappa shape index (κ3) is 3.76. The van der Waals surface area contributed by atoms with Crippen molar-refractivity contribution in [1.29, 1.82) is 0 Å². The maximum absolute atomic E-state index is 3.58. The molecule has 96 valence electrons. The fourth-order valence-electron chi connectivity index (χ4n) is 3.40. The molecule has 0 saturated heterocycles. The van der Waals surface area contributed by atoms with E-state index in [-0.39, 0.29) is 0 Å². The van der Waals surface area contributed by atoms with Gasteiger partial charge in [-0.15, -0.1) is 0 Å². The summed E-state index contributed by atoms with van der Waals surface area (Å²) in [5.41, 5.74) is 0.600. The van der Waals surface area contributed by atoms with E-state index in [4.69, 9.17) is 0 Å². The summed E-state index contributed by atoms with van der Waals surface area (Å²) in [4.78, 5) is 0. The largest absolute Gasteiger partial charge is 0.316 e. The molecule has 0 spiro atoms. The van der Waals surface area contributed by atoms with Gasteiger partial charge in [0.2, 0.25) is 0 Å². The molecule has 1 aliphatic carbocycles. The van der Waals surface area contributed by atoms with Crippen molar-refractivity contribution in [1.82, 2.24) is 5.32 Å². The van der Waals surface area contributed by atoms with Crippen molar-refractivity contribution < 1.29 is 0 Å². The van der Waals surface area contributed by atoms with E-state index < -0.39 is 0 Å². The number of hydrogen-bond acceptors (Lipinski definition) is 1. The highest BCUT2D eigenvalue weighted by Gasteiger charge is 2.32. The molecule has 0 bridgehead atoms. The lowest BCUT2D eigenvalue weighted by Gasteiger charge is -2.40. The molecule has 1 rings (SSSR count). The number of hydrogen-bond donors (Lipinski definition) is 1. The van der Waals surface area contributed by atoms with Gasteiger partial charge in [0, 0.05) is 6.04 Å².